The van der Waals surface area contributed by atoms with Crippen molar-refractivity contribution < 1.29 is 36.2 Å². The maximum Gasteiger partial charge on any atom is 0.429 e. The van der Waals surface area contributed by atoms with Gasteiger partial charge < -0.3 is 20.1 Å². The lowest BCUT2D eigenvalue weighted by molar-refractivity contribution is -0.198. The summed E-state index contributed by atoms with van der Waals surface area (Å²) < 4.78 is 75.5. The molecule has 2 aliphatic rings. The Morgan fingerprint density at radius 3 is 2.31 bits per heavy atom. The number of nitrogens with one attached hydrogen (secondary N) is 1. The van der Waals surface area contributed by atoms with Gasteiger partial charge in [-0.25, -0.2) is 18.1 Å². The van der Waals surface area contributed by atoms with Gasteiger partial charge in [-0.3, -0.25) is 4.79 Å². The van der Waals surface area contributed by atoms with Gasteiger partial charge >= 0.3 is 12.1 Å². The Labute approximate surface area is 275 Å². The summed E-state index contributed by atoms with van der Waals surface area (Å²) in [5.41, 5.74) is 1.55. The van der Waals surface area contributed by atoms with Crippen molar-refractivity contribution in [2.24, 2.45) is 5.41 Å². The second-order valence-corrected chi connectivity index (χ2v) is 14.6. The smallest absolute Gasteiger partial charge is 0.429 e. The molecule has 0 saturated carbocycles. The maximum atomic E-state index is 14.9. The van der Waals surface area contributed by atoms with Crippen LogP contribution in [0.4, 0.5) is 19.0 Å². The zero-order valence-corrected chi connectivity index (χ0v) is 27.3. The molecule has 2 aliphatic heterocycles. The number of hydrogen-bond donors (Lipinski definition) is 2. The van der Waals surface area contributed by atoms with Crippen molar-refractivity contribution in [3.05, 3.63) is 77.9 Å². The van der Waals surface area contributed by atoms with Crippen LogP contribution in [-0.2, 0) is 14.6 Å². The predicted molar refractivity (Wildman–Crippen MR) is 171 cm³/mol. The molecule has 2 saturated heterocycles. The van der Waals surface area contributed by atoms with Crippen LogP contribution in [-0.4, -0.2) is 77.4 Å². The molecule has 0 amide bonds. The van der Waals surface area contributed by atoms with E-state index in [4.69, 9.17) is 4.74 Å². The van der Waals surface area contributed by atoms with E-state index >= 15 is 0 Å². The van der Waals surface area contributed by atoms with Gasteiger partial charge in [0, 0.05) is 43.7 Å². The normalized spacial score (nSPS) is 18.6. The van der Waals surface area contributed by atoms with Crippen LogP contribution in [0, 0.1) is 19.3 Å². The molecule has 0 bridgehead atoms. The number of nitrogens with zero attached hydrogens (tertiary/aromatic N) is 5. The predicted octanol–water partition coefficient (Wildman–Crippen LogP) is 5.07. The number of benzene rings is 2. The number of aromatic nitrogens is 4. The maximum absolute atomic E-state index is 14.9. The van der Waals surface area contributed by atoms with Gasteiger partial charge in [0.25, 0.3) is 0 Å². The third-order valence-electron chi connectivity index (χ3n) is 9.04. The summed E-state index contributed by atoms with van der Waals surface area (Å²) >= 11 is 0. The van der Waals surface area contributed by atoms with E-state index in [-0.39, 0.29) is 33.3 Å². The number of aliphatic carboxylic acids is 1. The molecule has 0 radical (unpaired) electrons. The molecule has 254 valence electrons. The van der Waals surface area contributed by atoms with Gasteiger partial charge in [-0.1, -0.05) is 24.3 Å². The van der Waals surface area contributed by atoms with Crippen LogP contribution < -0.4 is 15.0 Å². The van der Waals surface area contributed by atoms with Crippen molar-refractivity contribution in [2.75, 3.05) is 30.8 Å². The zero-order valence-electron chi connectivity index (χ0n) is 26.5. The Bertz CT molecular complexity index is 1940. The average molecular weight is 685 g/mol. The van der Waals surface area contributed by atoms with Crippen molar-refractivity contribution in [1.82, 2.24) is 25.1 Å². The second-order valence-electron chi connectivity index (χ2n) is 12.6. The lowest BCUT2D eigenvalue weighted by atomic mass is 9.76. The number of carboxylic acid groups (broad SMARTS) is 1. The molecule has 6 rings (SSSR count). The number of hydrogen-bond acceptors (Lipinski definition) is 9. The van der Waals surface area contributed by atoms with Crippen LogP contribution in [0.25, 0.3) is 16.8 Å². The molecule has 1 spiro atoms. The van der Waals surface area contributed by atoms with Crippen molar-refractivity contribution in [3.63, 3.8) is 0 Å². The molecule has 2 fully saturated rings. The Balaban J connectivity index is 1.31. The van der Waals surface area contributed by atoms with Crippen LogP contribution in [0.15, 0.2) is 65.7 Å². The number of piperidine rings is 1. The highest BCUT2D eigenvalue weighted by molar-refractivity contribution is 7.90. The summed E-state index contributed by atoms with van der Waals surface area (Å²) in [6.07, 6.45) is -2.64. The summed E-state index contributed by atoms with van der Waals surface area (Å²) in [5.74, 6) is -0.431. The minimum atomic E-state index is -4.84. The Morgan fingerprint density at radius 1 is 1.04 bits per heavy atom. The minimum Gasteiger partial charge on any atom is -0.480 e. The molecule has 4 heterocycles. The fraction of sp³-hybridized carbons (Fsp3) is 0.394. The van der Waals surface area contributed by atoms with Gasteiger partial charge in [-0.15, -0.1) is 0 Å². The van der Waals surface area contributed by atoms with Crippen molar-refractivity contribution in [2.45, 2.75) is 56.3 Å². The van der Waals surface area contributed by atoms with E-state index in [2.05, 4.69) is 20.4 Å². The summed E-state index contributed by atoms with van der Waals surface area (Å²) in [6.45, 7) is 5.03. The van der Waals surface area contributed by atoms with Crippen molar-refractivity contribution in [1.29, 1.82) is 0 Å². The molecule has 2 aromatic carbocycles. The topological polar surface area (TPSA) is 140 Å². The Morgan fingerprint density at radius 2 is 1.73 bits per heavy atom. The largest absolute Gasteiger partial charge is 0.480 e. The summed E-state index contributed by atoms with van der Waals surface area (Å²) in [6, 6.07) is 13.0. The standard InChI is InChI=1S/C33H35F3N6O5S/c1-20-10-13-42(40-20)27-16-23(22-4-7-24(8-5-22)48(3,45)46)6-9-25(27)30(33(34,35)36)47-29-17-28(38-21(2)39-29)41-14-11-32(12-15-41)18-26(31(43)44)37-19-32/h4-10,13,16-17,26,30,37H,11-12,14-15,18-19H2,1-3H3,(H,43,44)/t26-,30+/m0/s1. The van der Waals surface area contributed by atoms with Crippen LogP contribution in [0.2, 0.25) is 0 Å². The van der Waals surface area contributed by atoms with E-state index in [1.54, 1.807) is 44.3 Å². The second kappa shape index (κ2) is 12.5. The molecular weight excluding hydrogens is 649 g/mol. The summed E-state index contributed by atoms with van der Waals surface area (Å²) in [5, 5.41) is 16.9. The van der Waals surface area contributed by atoms with Gasteiger partial charge in [0.2, 0.25) is 12.0 Å². The first kappa shape index (κ1) is 33.4. The average Bonchev–Trinajstić information content (AvgIpc) is 3.65. The monoisotopic (exact) mass is 684 g/mol. The van der Waals surface area contributed by atoms with Crippen LogP contribution in [0.3, 0.4) is 0 Å². The number of aryl methyl sites for hydroxylation is 2. The molecule has 4 aromatic rings. The number of halogens is 3. The highest BCUT2D eigenvalue weighted by atomic mass is 32.2. The van der Waals surface area contributed by atoms with E-state index in [1.165, 1.54) is 35.0 Å². The number of carbonyl (C=O) groups is 1. The van der Waals surface area contributed by atoms with Crippen LogP contribution in [0.5, 0.6) is 5.88 Å². The quantitative estimate of drug-likeness (QED) is 0.259. The van der Waals surface area contributed by atoms with Gasteiger partial charge in [0.15, 0.2) is 9.84 Å². The molecule has 15 heteroatoms. The van der Waals surface area contributed by atoms with Gasteiger partial charge in [-0.2, -0.15) is 23.3 Å². The number of rotatable bonds is 8. The van der Waals surface area contributed by atoms with Crippen molar-refractivity contribution in [3.8, 4) is 22.7 Å². The first-order valence-electron chi connectivity index (χ1n) is 15.4. The highest BCUT2D eigenvalue weighted by Gasteiger charge is 2.46. The first-order chi connectivity index (χ1) is 22.6. The zero-order chi connectivity index (χ0) is 34.4. The number of sulfone groups is 1. The fourth-order valence-electron chi connectivity index (χ4n) is 6.44. The third-order valence-corrected chi connectivity index (χ3v) is 10.2. The van der Waals surface area contributed by atoms with E-state index in [0.717, 1.165) is 6.26 Å². The van der Waals surface area contributed by atoms with Crippen molar-refractivity contribution >= 4 is 21.6 Å². The fourth-order valence-corrected chi connectivity index (χ4v) is 7.08. The first-order valence-corrected chi connectivity index (χ1v) is 17.3. The van der Waals surface area contributed by atoms with E-state index in [0.29, 0.717) is 61.5 Å². The van der Waals surface area contributed by atoms with E-state index < -0.39 is 34.1 Å². The van der Waals surface area contributed by atoms with Crippen LogP contribution in [0.1, 0.15) is 42.4 Å². The Hall–Kier alpha value is -4.50. The number of ether oxygens (including phenoxy) is 1. The molecule has 2 atom stereocenters. The molecule has 2 aromatic heterocycles. The minimum absolute atomic E-state index is 0.127. The summed E-state index contributed by atoms with van der Waals surface area (Å²) in [7, 11) is -3.43. The van der Waals surface area contributed by atoms with Crippen LogP contribution >= 0.6 is 0 Å². The Kier molecular flexibility index (Phi) is 8.70. The molecule has 48 heavy (non-hydrogen) atoms. The SMILES string of the molecule is Cc1ccn(-c2cc(-c3ccc(S(C)(=O)=O)cc3)ccc2[C@@H](Oc2cc(N3CCC4(CC3)CN[C@H](C(=O)O)C4)nc(C)n2)C(F)(F)F)n1. The molecule has 0 aliphatic carbocycles. The van der Waals surface area contributed by atoms with Gasteiger partial charge in [0.05, 0.1) is 16.3 Å². The van der Waals surface area contributed by atoms with Gasteiger partial charge in [0.1, 0.15) is 17.7 Å². The highest BCUT2D eigenvalue weighted by Crippen LogP contribution is 2.42. The summed E-state index contributed by atoms with van der Waals surface area (Å²) in [4.78, 5) is 22.2. The number of alkyl halides is 3. The lowest BCUT2D eigenvalue weighted by Crippen LogP contribution is -2.41. The third kappa shape index (κ3) is 7.02. The lowest BCUT2D eigenvalue weighted by Gasteiger charge is -2.39. The van der Waals surface area contributed by atoms with Gasteiger partial charge in [-0.05, 0) is 73.9 Å². The van der Waals surface area contributed by atoms with E-state index in [9.17, 15) is 31.5 Å². The molecule has 11 nitrogen and oxygen atoms in total. The van der Waals surface area contributed by atoms with E-state index in [1.807, 2.05) is 4.90 Å². The molecular formula is C33H35F3N6O5S. The molecule has 2 N–H and O–H groups in total. The number of anilines is 1. The molecule has 0 unspecified atom stereocenters. The number of carboxylic acids is 1.